The minimum atomic E-state index is -1.28. The van der Waals surface area contributed by atoms with Gasteiger partial charge in [0, 0.05) is 6.04 Å². The Morgan fingerprint density at radius 2 is 2.18 bits per heavy atom. The lowest BCUT2D eigenvalue weighted by Crippen LogP contribution is -2.46. The smallest absolute Gasteiger partial charge is 0.0978 e. The predicted molar refractivity (Wildman–Crippen MR) is 73.3 cm³/mol. The molecular weight excluding hydrogens is 228 g/mol. The van der Waals surface area contributed by atoms with Crippen LogP contribution in [0.25, 0.3) is 0 Å². The number of rotatable bonds is 4. The Hall–Kier alpha value is -0.633. The molecule has 0 bridgehead atoms. The van der Waals surface area contributed by atoms with Crippen molar-refractivity contribution < 1.29 is 5.11 Å². The molecule has 0 radical (unpaired) electrons. The highest BCUT2D eigenvalue weighted by molar-refractivity contribution is 6.80. The maximum atomic E-state index is 10.7. The summed E-state index contributed by atoms with van der Waals surface area (Å²) < 4.78 is 0. The van der Waals surface area contributed by atoms with E-state index in [-0.39, 0.29) is 6.04 Å². The summed E-state index contributed by atoms with van der Waals surface area (Å²) in [6, 6.07) is 2.25. The largest absolute Gasteiger partial charge is 0.384 e. The molecule has 1 fully saturated rings. The molecule has 1 N–H and O–H groups in total. The minimum absolute atomic E-state index is 0.0924. The second kappa shape index (κ2) is 5.34. The summed E-state index contributed by atoms with van der Waals surface area (Å²) in [5, 5.41) is 19.4. The summed E-state index contributed by atoms with van der Waals surface area (Å²) in [4.78, 5) is 1.97. The highest BCUT2D eigenvalue weighted by Crippen LogP contribution is 2.34. The summed E-state index contributed by atoms with van der Waals surface area (Å²) in [5.74, 6) is 0. The third-order valence-corrected chi connectivity index (χ3v) is 4.52. The SMILES string of the molecule is CN(CC#N)C1CCCC1(O)/C=C/[Si](C)(C)C. The maximum absolute atomic E-state index is 10.7. The first-order chi connectivity index (χ1) is 7.78. The van der Waals surface area contributed by atoms with Crippen LogP contribution in [-0.4, -0.2) is 43.3 Å². The van der Waals surface area contributed by atoms with E-state index >= 15 is 0 Å². The molecular formula is C13H24N2OSi. The highest BCUT2D eigenvalue weighted by Gasteiger charge is 2.41. The van der Waals surface area contributed by atoms with Crippen LogP contribution in [0.1, 0.15) is 19.3 Å². The van der Waals surface area contributed by atoms with Crippen LogP contribution in [0, 0.1) is 11.3 Å². The van der Waals surface area contributed by atoms with Crippen LogP contribution in [0.5, 0.6) is 0 Å². The third-order valence-electron chi connectivity index (χ3n) is 3.36. The van der Waals surface area contributed by atoms with Gasteiger partial charge in [0.15, 0.2) is 0 Å². The van der Waals surface area contributed by atoms with Crippen molar-refractivity contribution in [1.82, 2.24) is 4.90 Å². The summed E-state index contributed by atoms with van der Waals surface area (Å²) in [6.45, 7) is 7.16. The van der Waals surface area contributed by atoms with E-state index in [1.54, 1.807) is 0 Å². The van der Waals surface area contributed by atoms with Gasteiger partial charge in [-0.3, -0.25) is 4.90 Å². The molecule has 4 heteroatoms. The molecule has 1 aliphatic rings. The molecule has 0 aromatic heterocycles. The fraction of sp³-hybridized carbons (Fsp3) is 0.769. The van der Waals surface area contributed by atoms with Gasteiger partial charge >= 0.3 is 0 Å². The van der Waals surface area contributed by atoms with Crippen LogP contribution in [0.4, 0.5) is 0 Å². The first-order valence-corrected chi connectivity index (χ1v) is 9.86. The molecule has 0 aromatic carbocycles. The van der Waals surface area contributed by atoms with Crippen molar-refractivity contribution in [2.45, 2.75) is 50.5 Å². The van der Waals surface area contributed by atoms with Crippen molar-refractivity contribution in [2.75, 3.05) is 13.6 Å². The molecule has 0 heterocycles. The van der Waals surface area contributed by atoms with Gasteiger partial charge in [-0.2, -0.15) is 5.26 Å². The molecule has 2 unspecified atom stereocenters. The molecule has 3 nitrogen and oxygen atoms in total. The van der Waals surface area contributed by atoms with Gasteiger partial charge < -0.3 is 5.11 Å². The van der Waals surface area contributed by atoms with Crippen LogP contribution in [0.2, 0.25) is 19.6 Å². The Morgan fingerprint density at radius 3 is 2.71 bits per heavy atom. The first kappa shape index (κ1) is 14.4. The fourth-order valence-corrected chi connectivity index (χ4v) is 3.20. The van der Waals surface area contributed by atoms with Gasteiger partial charge in [-0.1, -0.05) is 31.4 Å². The predicted octanol–water partition coefficient (Wildman–Crippen LogP) is 2.16. The van der Waals surface area contributed by atoms with Crippen molar-refractivity contribution >= 4 is 8.07 Å². The maximum Gasteiger partial charge on any atom is 0.0978 e. The number of hydrogen-bond donors (Lipinski definition) is 1. The van der Waals surface area contributed by atoms with E-state index in [1.165, 1.54) is 0 Å². The third kappa shape index (κ3) is 3.95. The van der Waals surface area contributed by atoms with E-state index in [9.17, 15) is 5.11 Å². The quantitative estimate of drug-likeness (QED) is 0.616. The van der Waals surface area contributed by atoms with E-state index < -0.39 is 13.7 Å². The Labute approximate surface area is 106 Å². The van der Waals surface area contributed by atoms with Crippen molar-refractivity contribution in [2.24, 2.45) is 0 Å². The Morgan fingerprint density at radius 1 is 1.53 bits per heavy atom. The number of nitriles is 1. The van der Waals surface area contributed by atoms with Gasteiger partial charge in [-0.05, 0) is 26.3 Å². The summed E-state index contributed by atoms with van der Waals surface area (Å²) in [7, 11) is 0.644. The van der Waals surface area contributed by atoms with Gasteiger partial charge in [-0.15, -0.1) is 0 Å². The van der Waals surface area contributed by atoms with Crippen molar-refractivity contribution in [3.63, 3.8) is 0 Å². The zero-order chi connectivity index (χ0) is 13.1. The number of nitrogens with zero attached hydrogens (tertiary/aromatic N) is 2. The normalized spacial score (nSPS) is 30.1. The van der Waals surface area contributed by atoms with Gasteiger partial charge in [0.05, 0.1) is 26.3 Å². The molecule has 1 rings (SSSR count). The molecule has 0 aliphatic heterocycles. The molecule has 2 atom stereocenters. The second-order valence-corrected chi connectivity index (χ2v) is 11.2. The lowest BCUT2D eigenvalue weighted by atomic mass is 9.97. The summed E-state index contributed by atoms with van der Waals surface area (Å²) in [6.07, 6.45) is 4.83. The van der Waals surface area contributed by atoms with E-state index in [2.05, 4.69) is 31.4 Å². The molecule has 1 aliphatic carbocycles. The average molecular weight is 252 g/mol. The van der Waals surface area contributed by atoms with Crippen molar-refractivity contribution in [1.29, 1.82) is 5.26 Å². The van der Waals surface area contributed by atoms with Gasteiger partial charge in [0.1, 0.15) is 0 Å². The van der Waals surface area contributed by atoms with Gasteiger partial charge in [0.25, 0.3) is 0 Å². The zero-order valence-corrected chi connectivity index (χ0v) is 12.4. The average Bonchev–Trinajstić information content (AvgIpc) is 2.58. The Balaban J connectivity index is 2.80. The summed E-state index contributed by atoms with van der Waals surface area (Å²) in [5.41, 5.74) is 1.48. The van der Waals surface area contributed by atoms with Crippen LogP contribution < -0.4 is 0 Å². The number of aliphatic hydroxyl groups is 1. The Kier molecular flexibility index (Phi) is 4.53. The molecule has 0 saturated heterocycles. The Bertz CT molecular complexity index is 329. The standard InChI is InChI=1S/C13H24N2OSi/c1-15(10-9-14)12-6-5-7-13(12,16)8-11-17(2,3)4/h8,11-12,16H,5-7,10H2,1-4H3/b11-8+. The molecule has 0 aromatic rings. The number of likely N-dealkylation sites (N-methyl/N-ethyl adjacent to an activating group) is 1. The molecule has 1 saturated carbocycles. The number of hydrogen-bond acceptors (Lipinski definition) is 3. The van der Waals surface area contributed by atoms with E-state index in [0.717, 1.165) is 19.3 Å². The second-order valence-electron chi connectivity index (χ2n) is 6.17. The highest BCUT2D eigenvalue weighted by atomic mass is 28.3. The van der Waals surface area contributed by atoms with Crippen molar-refractivity contribution in [3.8, 4) is 6.07 Å². The monoisotopic (exact) mass is 252 g/mol. The van der Waals surface area contributed by atoms with Crippen molar-refractivity contribution in [3.05, 3.63) is 11.8 Å². The molecule has 0 spiro atoms. The van der Waals surface area contributed by atoms with Gasteiger partial charge in [0.2, 0.25) is 0 Å². The van der Waals surface area contributed by atoms with E-state index in [4.69, 9.17) is 5.26 Å². The van der Waals surface area contributed by atoms with Crippen LogP contribution in [-0.2, 0) is 0 Å². The zero-order valence-electron chi connectivity index (χ0n) is 11.4. The van der Waals surface area contributed by atoms with Crippen LogP contribution >= 0.6 is 0 Å². The van der Waals surface area contributed by atoms with E-state index in [1.807, 2.05) is 18.0 Å². The summed E-state index contributed by atoms with van der Waals surface area (Å²) >= 11 is 0. The lowest BCUT2D eigenvalue weighted by molar-refractivity contribution is 0.0257. The molecule has 0 amide bonds. The topological polar surface area (TPSA) is 47.3 Å². The minimum Gasteiger partial charge on any atom is -0.384 e. The van der Waals surface area contributed by atoms with Crippen LogP contribution in [0.3, 0.4) is 0 Å². The molecule has 96 valence electrons. The molecule has 17 heavy (non-hydrogen) atoms. The van der Waals surface area contributed by atoms with E-state index in [0.29, 0.717) is 6.54 Å². The lowest BCUT2D eigenvalue weighted by Gasteiger charge is -2.33. The fourth-order valence-electron chi connectivity index (χ4n) is 2.41. The van der Waals surface area contributed by atoms with Gasteiger partial charge in [-0.25, -0.2) is 0 Å². The van der Waals surface area contributed by atoms with Crippen LogP contribution in [0.15, 0.2) is 11.8 Å². The first-order valence-electron chi connectivity index (χ1n) is 6.28.